The fourth-order valence-corrected chi connectivity index (χ4v) is 2.26. The molecule has 0 saturated carbocycles. The molecule has 2 aromatic rings. The van der Waals surface area contributed by atoms with Gasteiger partial charge in [0.05, 0.1) is 10.6 Å². The molecule has 24 heavy (non-hydrogen) atoms. The largest absolute Gasteiger partial charge is 0.417 e. The van der Waals surface area contributed by atoms with E-state index >= 15 is 0 Å². The number of benzene rings is 2. The molecule has 6 heteroatoms. The molecule has 0 aliphatic rings. The van der Waals surface area contributed by atoms with Crippen molar-refractivity contribution in [1.82, 2.24) is 0 Å². The van der Waals surface area contributed by atoms with Gasteiger partial charge in [-0.2, -0.15) is 13.2 Å². The minimum absolute atomic E-state index is 0.191. The molecule has 0 amide bonds. The number of carbonyl (C=O) groups is 1. The summed E-state index contributed by atoms with van der Waals surface area (Å²) in [6.07, 6.45) is -1.96. The SMILES string of the molecule is Cc1ccc(C(=O)C=CNc2ccc(Cl)c(C(F)(F)F)c2)cc1C. The number of allylic oxidation sites excluding steroid dienone is 1. The first-order valence-electron chi connectivity index (χ1n) is 7.10. The standard InChI is InChI=1S/C18H15ClF3NO/c1-11-3-4-13(9-12(11)2)17(24)7-8-23-14-5-6-16(19)15(10-14)18(20,21)22/h3-10,23H,1-2H3. The second-order valence-corrected chi connectivity index (χ2v) is 5.74. The van der Waals surface area contributed by atoms with Gasteiger partial charge in [-0.1, -0.05) is 23.7 Å². The molecule has 0 aromatic heterocycles. The van der Waals surface area contributed by atoms with E-state index in [2.05, 4.69) is 5.32 Å². The Labute approximate surface area is 142 Å². The third-order valence-corrected chi connectivity index (χ3v) is 3.88. The quantitative estimate of drug-likeness (QED) is 0.557. The number of carbonyl (C=O) groups excluding carboxylic acids is 1. The van der Waals surface area contributed by atoms with Gasteiger partial charge in [-0.15, -0.1) is 0 Å². The van der Waals surface area contributed by atoms with Crippen molar-refractivity contribution in [3.63, 3.8) is 0 Å². The van der Waals surface area contributed by atoms with Crippen LogP contribution in [0.1, 0.15) is 27.0 Å². The van der Waals surface area contributed by atoms with E-state index in [1.807, 2.05) is 19.9 Å². The van der Waals surface area contributed by atoms with Gasteiger partial charge in [0.2, 0.25) is 0 Å². The molecule has 0 aliphatic carbocycles. The molecule has 2 rings (SSSR count). The van der Waals surface area contributed by atoms with Crippen molar-refractivity contribution in [3.8, 4) is 0 Å². The van der Waals surface area contributed by atoms with Crippen molar-refractivity contribution in [1.29, 1.82) is 0 Å². The smallest absolute Gasteiger partial charge is 0.362 e. The summed E-state index contributed by atoms with van der Waals surface area (Å²) in [4.78, 5) is 12.1. The zero-order valence-corrected chi connectivity index (χ0v) is 13.8. The number of rotatable bonds is 4. The zero-order chi connectivity index (χ0) is 17.9. The number of ketones is 1. The van der Waals surface area contributed by atoms with Crippen LogP contribution in [-0.2, 0) is 6.18 Å². The molecule has 0 fully saturated rings. The highest BCUT2D eigenvalue weighted by molar-refractivity contribution is 6.31. The maximum atomic E-state index is 12.8. The van der Waals surface area contributed by atoms with Gasteiger partial charge in [0, 0.05) is 23.5 Å². The van der Waals surface area contributed by atoms with Crippen LogP contribution in [0.4, 0.5) is 18.9 Å². The van der Waals surface area contributed by atoms with E-state index in [9.17, 15) is 18.0 Å². The molecule has 0 spiro atoms. The Balaban J connectivity index is 2.11. The van der Waals surface area contributed by atoms with E-state index in [0.29, 0.717) is 5.56 Å². The first kappa shape index (κ1) is 18.1. The molecular formula is C18H15ClF3NO. The van der Waals surface area contributed by atoms with Gasteiger partial charge < -0.3 is 5.32 Å². The Morgan fingerprint density at radius 2 is 1.79 bits per heavy atom. The first-order valence-corrected chi connectivity index (χ1v) is 7.47. The third kappa shape index (κ3) is 4.38. The summed E-state index contributed by atoms with van der Waals surface area (Å²) >= 11 is 5.55. The summed E-state index contributed by atoms with van der Waals surface area (Å²) in [5.74, 6) is -0.240. The van der Waals surface area contributed by atoms with Crippen molar-refractivity contribution in [2.45, 2.75) is 20.0 Å². The summed E-state index contributed by atoms with van der Waals surface area (Å²) in [5.41, 5.74) is 1.85. The highest BCUT2D eigenvalue weighted by Crippen LogP contribution is 2.36. The van der Waals surface area contributed by atoms with Gasteiger partial charge in [-0.3, -0.25) is 4.79 Å². The number of hydrogen-bond donors (Lipinski definition) is 1. The first-order chi connectivity index (χ1) is 11.2. The lowest BCUT2D eigenvalue weighted by atomic mass is 10.0. The Bertz CT molecular complexity index is 797. The number of anilines is 1. The summed E-state index contributed by atoms with van der Waals surface area (Å²) in [6, 6.07) is 8.78. The Morgan fingerprint density at radius 1 is 1.08 bits per heavy atom. The molecule has 0 radical (unpaired) electrons. The lowest BCUT2D eigenvalue weighted by molar-refractivity contribution is -0.137. The van der Waals surface area contributed by atoms with Crippen LogP contribution >= 0.6 is 11.6 Å². The van der Waals surface area contributed by atoms with E-state index in [1.54, 1.807) is 12.1 Å². The zero-order valence-electron chi connectivity index (χ0n) is 13.0. The van der Waals surface area contributed by atoms with Crippen LogP contribution in [0.2, 0.25) is 5.02 Å². The lowest BCUT2D eigenvalue weighted by Crippen LogP contribution is -2.06. The van der Waals surface area contributed by atoms with E-state index in [1.165, 1.54) is 18.3 Å². The number of nitrogens with one attached hydrogen (secondary N) is 1. The normalized spacial score (nSPS) is 11.8. The predicted molar refractivity (Wildman–Crippen MR) is 89.5 cm³/mol. The number of alkyl halides is 3. The summed E-state index contributed by atoms with van der Waals surface area (Å²) in [7, 11) is 0. The van der Waals surface area contributed by atoms with E-state index < -0.39 is 11.7 Å². The van der Waals surface area contributed by atoms with E-state index in [-0.39, 0.29) is 16.5 Å². The van der Waals surface area contributed by atoms with E-state index in [4.69, 9.17) is 11.6 Å². The number of halogens is 4. The maximum Gasteiger partial charge on any atom is 0.417 e. The van der Waals surface area contributed by atoms with Gasteiger partial charge in [-0.25, -0.2) is 0 Å². The van der Waals surface area contributed by atoms with Gasteiger partial charge in [0.15, 0.2) is 5.78 Å². The molecule has 2 aromatic carbocycles. The minimum atomic E-state index is -4.53. The molecule has 0 atom stereocenters. The molecule has 0 saturated heterocycles. The molecule has 0 bridgehead atoms. The average molecular weight is 354 g/mol. The van der Waals surface area contributed by atoms with Gasteiger partial charge in [0.25, 0.3) is 0 Å². The fraction of sp³-hybridized carbons (Fsp3) is 0.167. The van der Waals surface area contributed by atoms with Crippen LogP contribution in [0.15, 0.2) is 48.7 Å². The second-order valence-electron chi connectivity index (χ2n) is 5.33. The predicted octanol–water partition coefficient (Wildman–Crippen LogP) is 5.78. The fourth-order valence-electron chi connectivity index (χ4n) is 2.04. The van der Waals surface area contributed by atoms with Crippen molar-refractivity contribution < 1.29 is 18.0 Å². The Hall–Kier alpha value is -2.27. The lowest BCUT2D eigenvalue weighted by Gasteiger charge is -2.10. The molecule has 0 heterocycles. The summed E-state index contributed by atoms with van der Waals surface area (Å²) in [5, 5.41) is 2.28. The average Bonchev–Trinajstić information content (AvgIpc) is 2.50. The maximum absolute atomic E-state index is 12.8. The Kier molecular flexibility index (Phi) is 5.34. The third-order valence-electron chi connectivity index (χ3n) is 3.55. The van der Waals surface area contributed by atoms with Crippen LogP contribution in [0, 0.1) is 13.8 Å². The topological polar surface area (TPSA) is 29.1 Å². The minimum Gasteiger partial charge on any atom is -0.362 e. The molecule has 0 aliphatic heterocycles. The van der Waals surface area contributed by atoms with Crippen LogP contribution in [0.5, 0.6) is 0 Å². The van der Waals surface area contributed by atoms with Gasteiger partial charge in [-0.05, 0) is 49.2 Å². The van der Waals surface area contributed by atoms with Crippen LogP contribution in [0.3, 0.4) is 0 Å². The van der Waals surface area contributed by atoms with Crippen molar-refractivity contribution in [2.75, 3.05) is 5.32 Å². The van der Waals surface area contributed by atoms with Crippen molar-refractivity contribution in [2.24, 2.45) is 0 Å². The molecule has 1 N–H and O–H groups in total. The van der Waals surface area contributed by atoms with Gasteiger partial charge >= 0.3 is 6.18 Å². The van der Waals surface area contributed by atoms with Crippen molar-refractivity contribution in [3.05, 3.63) is 76.0 Å². The highest BCUT2D eigenvalue weighted by atomic mass is 35.5. The monoisotopic (exact) mass is 353 g/mol. The number of aryl methyl sites for hydroxylation is 2. The van der Waals surface area contributed by atoms with Crippen LogP contribution < -0.4 is 5.32 Å². The second kappa shape index (κ2) is 7.09. The molecule has 126 valence electrons. The molecular weight excluding hydrogens is 339 g/mol. The summed E-state index contributed by atoms with van der Waals surface area (Å²) in [6.45, 7) is 3.85. The Morgan fingerprint density at radius 3 is 2.42 bits per heavy atom. The van der Waals surface area contributed by atoms with E-state index in [0.717, 1.165) is 23.3 Å². The van der Waals surface area contributed by atoms with Crippen molar-refractivity contribution >= 4 is 23.1 Å². The summed E-state index contributed by atoms with van der Waals surface area (Å²) < 4.78 is 38.4. The molecule has 2 nitrogen and oxygen atoms in total. The van der Waals surface area contributed by atoms with Crippen LogP contribution in [-0.4, -0.2) is 5.78 Å². The number of hydrogen-bond acceptors (Lipinski definition) is 2. The molecule has 0 unspecified atom stereocenters. The highest BCUT2D eigenvalue weighted by Gasteiger charge is 2.33. The van der Waals surface area contributed by atoms with Gasteiger partial charge in [0.1, 0.15) is 0 Å². The van der Waals surface area contributed by atoms with Crippen LogP contribution in [0.25, 0.3) is 0 Å².